The second kappa shape index (κ2) is 7.18. The summed E-state index contributed by atoms with van der Waals surface area (Å²) < 4.78 is 7.74. The summed E-state index contributed by atoms with van der Waals surface area (Å²) in [5.74, 6) is 1.40. The van der Waals surface area contributed by atoms with Crippen molar-refractivity contribution in [2.75, 3.05) is 0 Å². The van der Waals surface area contributed by atoms with E-state index < -0.39 is 0 Å². The van der Waals surface area contributed by atoms with Crippen LogP contribution in [0, 0.1) is 4.77 Å². The van der Waals surface area contributed by atoms with Gasteiger partial charge in [0.25, 0.3) is 0 Å². The average Bonchev–Trinajstić information content (AvgIpc) is 2.94. The lowest BCUT2D eigenvalue weighted by molar-refractivity contribution is 0.242. The largest absolute Gasteiger partial charge is 0.491 e. The Labute approximate surface area is 144 Å². The van der Waals surface area contributed by atoms with Crippen molar-refractivity contribution in [3.05, 3.63) is 59.1 Å². The molecule has 2 heterocycles. The van der Waals surface area contributed by atoms with E-state index >= 15 is 0 Å². The van der Waals surface area contributed by atoms with Gasteiger partial charge in [0.05, 0.1) is 12.3 Å². The first kappa shape index (κ1) is 16.1. The molecule has 1 aromatic carbocycles. The van der Waals surface area contributed by atoms with E-state index in [9.17, 15) is 0 Å². The van der Waals surface area contributed by atoms with Gasteiger partial charge < -0.3 is 4.74 Å². The highest BCUT2D eigenvalue weighted by Crippen LogP contribution is 2.23. The van der Waals surface area contributed by atoms with Crippen molar-refractivity contribution in [2.45, 2.75) is 20.0 Å². The Morgan fingerprint density at radius 1 is 1.25 bits per heavy atom. The van der Waals surface area contributed by atoms with E-state index in [-0.39, 0.29) is 6.10 Å². The van der Waals surface area contributed by atoms with Crippen molar-refractivity contribution in [1.82, 2.24) is 19.9 Å². The molecule has 0 radical (unpaired) electrons. The fourth-order valence-electron chi connectivity index (χ4n) is 2.14. The summed E-state index contributed by atoms with van der Waals surface area (Å²) in [7, 11) is 0. The first-order chi connectivity index (χ1) is 11.6. The number of rotatable bonds is 5. The number of benzene rings is 1. The van der Waals surface area contributed by atoms with E-state index in [0.29, 0.717) is 10.6 Å². The lowest BCUT2D eigenvalue weighted by Gasteiger charge is -2.10. The molecule has 6 nitrogen and oxygen atoms in total. The van der Waals surface area contributed by atoms with Crippen molar-refractivity contribution >= 4 is 18.4 Å². The third-order valence-corrected chi connectivity index (χ3v) is 3.41. The number of aromatic nitrogens is 4. The Morgan fingerprint density at radius 3 is 2.79 bits per heavy atom. The zero-order chi connectivity index (χ0) is 16.9. The predicted molar refractivity (Wildman–Crippen MR) is 95.8 cm³/mol. The van der Waals surface area contributed by atoms with Crippen LogP contribution in [-0.2, 0) is 0 Å². The number of hydrogen-bond acceptors (Lipinski definition) is 5. The van der Waals surface area contributed by atoms with E-state index in [1.807, 2.05) is 50.2 Å². The van der Waals surface area contributed by atoms with Gasteiger partial charge in [-0.2, -0.15) is 14.9 Å². The number of aromatic amines is 1. The van der Waals surface area contributed by atoms with Crippen LogP contribution in [0.5, 0.6) is 5.75 Å². The minimum atomic E-state index is 0.103. The van der Waals surface area contributed by atoms with E-state index in [2.05, 4.69) is 20.3 Å². The number of nitrogens with zero attached hydrogens (tertiary/aromatic N) is 4. The summed E-state index contributed by atoms with van der Waals surface area (Å²) >= 11 is 5.28. The highest BCUT2D eigenvalue weighted by atomic mass is 32.1. The van der Waals surface area contributed by atoms with Gasteiger partial charge >= 0.3 is 0 Å². The van der Waals surface area contributed by atoms with Gasteiger partial charge in [0.2, 0.25) is 4.77 Å². The zero-order valence-electron chi connectivity index (χ0n) is 13.4. The maximum Gasteiger partial charge on any atom is 0.216 e. The van der Waals surface area contributed by atoms with Gasteiger partial charge in [-0.05, 0) is 55.9 Å². The first-order valence-electron chi connectivity index (χ1n) is 7.52. The number of nitrogens with one attached hydrogen (secondary N) is 1. The molecule has 0 saturated heterocycles. The van der Waals surface area contributed by atoms with E-state index in [0.717, 1.165) is 16.9 Å². The van der Waals surface area contributed by atoms with Crippen LogP contribution in [0.15, 0.2) is 53.9 Å². The quantitative estimate of drug-likeness (QED) is 0.569. The number of hydrogen-bond donors (Lipinski definition) is 1. The van der Waals surface area contributed by atoms with E-state index in [4.69, 9.17) is 17.0 Å². The summed E-state index contributed by atoms with van der Waals surface area (Å²) in [5, 5.41) is 11.5. The summed E-state index contributed by atoms with van der Waals surface area (Å²) in [6.07, 6.45) is 5.24. The standard InChI is InChI=1S/C17H17N5OS/c1-12(2)23-15-5-3-4-14(10-15)16-20-21-17(24)22(16)19-11-13-6-8-18-9-7-13/h3-12H,1-2H3,(H,21,24)/b19-11-. The minimum absolute atomic E-state index is 0.103. The molecule has 0 aliphatic carbocycles. The molecule has 7 heteroatoms. The molecular weight excluding hydrogens is 322 g/mol. The van der Waals surface area contributed by atoms with Crippen LogP contribution in [0.4, 0.5) is 0 Å². The second-order valence-corrected chi connectivity index (χ2v) is 5.77. The summed E-state index contributed by atoms with van der Waals surface area (Å²) in [6.45, 7) is 3.98. The Hall–Kier alpha value is -2.80. The van der Waals surface area contributed by atoms with Gasteiger partial charge in [-0.3, -0.25) is 4.98 Å². The molecule has 24 heavy (non-hydrogen) atoms. The Kier molecular flexibility index (Phi) is 4.81. The number of H-pyrrole nitrogens is 1. The van der Waals surface area contributed by atoms with Gasteiger partial charge in [-0.25, -0.2) is 5.10 Å². The first-order valence-corrected chi connectivity index (χ1v) is 7.93. The third kappa shape index (κ3) is 3.75. The maximum absolute atomic E-state index is 5.73. The van der Waals surface area contributed by atoms with E-state index in [1.54, 1.807) is 23.3 Å². The van der Waals surface area contributed by atoms with Gasteiger partial charge in [-0.15, -0.1) is 0 Å². The SMILES string of the molecule is CC(C)Oc1cccc(-c2n[nH]c(=S)n2/N=C\c2ccncc2)c1. The van der Waals surface area contributed by atoms with Gasteiger partial charge in [0.15, 0.2) is 5.82 Å². The molecule has 2 aromatic heterocycles. The molecule has 3 aromatic rings. The molecule has 0 spiro atoms. The van der Waals surface area contributed by atoms with Crippen LogP contribution < -0.4 is 4.74 Å². The van der Waals surface area contributed by atoms with Gasteiger partial charge in [0, 0.05) is 18.0 Å². The van der Waals surface area contributed by atoms with Crippen LogP contribution in [0.3, 0.4) is 0 Å². The molecule has 0 unspecified atom stereocenters. The molecule has 0 bridgehead atoms. The van der Waals surface area contributed by atoms with Crippen molar-refractivity contribution in [2.24, 2.45) is 5.10 Å². The van der Waals surface area contributed by atoms with Crippen LogP contribution >= 0.6 is 12.2 Å². The minimum Gasteiger partial charge on any atom is -0.491 e. The molecule has 0 aliphatic heterocycles. The number of ether oxygens (including phenoxy) is 1. The number of pyridine rings is 1. The smallest absolute Gasteiger partial charge is 0.216 e. The van der Waals surface area contributed by atoms with Gasteiger partial charge in [-0.1, -0.05) is 12.1 Å². The van der Waals surface area contributed by atoms with Crippen LogP contribution in [-0.4, -0.2) is 32.2 Å². The van der Waals surface area contributed by atoms with Crippen LogP contribution in [0.25, 0.3) is 11.4 Å². The highest BCUT2D eigenvalue weighted by Gasteiger charge is 2.09. The topological polar surface area (TPSA) is 68.1 Å². The molecule has 122 valence electrons. The summed E-state index contributed by atoms with van der Waals surface area (Å²) in [6, 6.07) is 11.4. The second-order valence-electron chi connectivity index (χ2n) is 5.38. The molecule has 1 N–H and O–H groups in total. The molecule has 0 saturated carbocycles. The lowest BCUT2D eigenvalue weighted by Crippen LogP contribution is -2.05. The Bertz CT molecular complexity index is 899. The van der Waals surface area contributed by atoms with Crippen molar-refractivity contribution < 1.29 is 4.74 Å². The fourth-order valence-corrected chi connectivity index (χ4v) is 2.32. The van der Waals surface area contributed by atoms with Crippen LogP contribution in [0.1, 0.15) is 19.4 Å². The summed E-state index contributed by atoms with van der Waals surface area (Å²) in [5.41, 5.74) is 1.79. The zero-order valence-corrected chi connectivity index (χ0v) is 14.2. The van der Waals surface area contributed by atoms with Crippen molar-refractivity contribution in [1.29, 1.82) is 0 Å². The van der Waals surface area contributed by atoms with Crippen molar-refractivity contribution in [3.8, 4) is 17.1 Å². The predicted octanol–water partition coefficient (Wildman–Crippen LogP) is 3.67. The maximum atomic E-state index is 5.73. The lowest BCUT2D eigenvalue weighted by atomic mass is 10.2. The van der Waals surface area contributed by atoms with Crippen LogP contribution in [0.2, 0.25) is 0 Å². The molecule has 0 atom stereocenters. The summed E-state index contributed by atoms with van der Waals surface area (Å²) in [4.78, 5) is 3.98. The molecule has 0 fully saturated rings. The van der Waals surface area contributed by atoms with Crippen molar-refractivity contribution in [3.63, 3.8) is 0 Å². The highest BCUT2D eigenvalue weighted by molar-refractivity contribution is 7.71. The fraction of sp³-hybridized carbons (Fsp3) is 0.176. The van der Waals surface area contributed by atoms with Gasteiger partial charge in [0.1, 0.15) is 5.75 Å². The molecule has 0 aliphatic rings. The molecule has 0 amide bonds. The monoisotopic (exact) mass is 339 g/mol. The Morgan fingerprint density at radius 2 is 2.04 bits per heavy atom. The normalized spacial score (nSPS) is 11.3. The average molecular weight is 339 g/mol. The van der Waals surface area contributed by atoms with E-state index in [1.165, 1.54) is 0 Å². The third-order valence-electron chi connectivity index (χ3n) is 3.14. The molecule has 3 rings (SSSR count). The Balaban J connectivity index is 1.96. The molecular formula is C17H17N5OS.